The second kappa shape index (κ2) is 11.0. The SMILES string of the molecule is CC(C)CCOc1cccc(C2/C(=C(\O)c3ccncc3)C(=O)C(=O)N2CCCn2ccnc2)c1. The maximum Gasteiger partial charge on any atom is 0.295 e. The van der Waals surface area contributed by atoms with Gasteiger partial charge < -0.3 is 19.3 Å². The number of Topliss-reactive ketones (excluding diaryl/α,β-unsaturated/α-hetero) is 1. The van der Waals surface area contributed by atoms with Crippen molar-refractivity contribution in [1.82, 2.24) is 19.4 Å². The highest BCUT2D eigenvalue weighted by Gasteiger charge is 2.45. The van der Waals surface area contributed by atoms with Crippen molar-refractivity contribution in [2.75, 3.05) is 13.2 Å². The molecule has 0 radical (unpaired) electrons. The Bertz CT molecular complexity index is 1190. The minimum atomic E-state index is -0.723. The van der Waals surface area contributed by atoms with E-state index in [1.54, 1.807) is 29.6 Å². The Morgan fingerprint density at radius 2 is 1.89 bits per heavy atom. The molecule has 1 atom stereocenters. The first-order valence-electron chi connectivity index (χ1n) is 11.8. The summed E-state index contributed by atoms with van der Waals surface area (Å²) in [4.78, 5) is 35.9. The summed E-state index contributed by atoms with van der Waals surface area (Å²) in [6, 6.07) is 9.92. The van der Waals surface area contributed by atoms with Crippen LogP contribution in [-0.4, -0.2) is 49.4 Å². The van der Waals surface area contributed by atoms with Gasteiger partial charge in [0, 0.05) is 43.4 Å². The van der Waals surface area contributed by atoms with Gasteiger partial charge in [-0.1, -0.05) is 26.0 Å². The maximum absolute atomic E-state index is 13.2. The lowest BCUT2D eigenvalue weighted by Crippen LogP contribution is -2.31. The van der Waals surface area contributed by atoms with Crippen LogP contribution in [0.2, 0.25) is 0 Å². The first kappa shape index (κ1) is 24.2. The Labute approximate surface area is 204 Å². The Morgan fingerprint density at radius 1 is 1.09 bits per heavy atom. The average molecular weight is 475 g/mol. The van der Waals surface area contributed by atoms with Crippen LogP contribution in [0.3, 0.4) is 0 Å². The number of carbonyl (C=O) groups excluding carboxylic acids is 2. The van der Waals surface area contributed by atoms with E-state index in [9.17, 15) is 14.7 Å². The number of aromatic nitrogens is 3. The third-order valence-electron chi connectivity index (χ3n) is 6.01. The molecule has 8 heteroatoms. The molecule has 4 rings (SSSR count). The molecule has 1 fully saturated rings. The van der Waals surface area contributed by atoms with E-state index in [-0.39, 0.29) is 11.3 Å². The van der Waals surface area contributed by atoms with E-state index in [1.807, 2.05) is 35.0 Å². The number of amides is 1. The van der Waals surface area contributed by atoms with Crippen LogP contribution in [0.25, 0.3) is 5.76 Å². The lowest BCUT2D eigenvalue weighted by atomic mass is 9.95. The van der Waals surface area contributed by atoms with E-state index in [0.717, 1.165) is 6.42 Å². The van der Waals surface area contributed by atoms with E-state index < -0.39 is 17.7 Å². The number of aliphatic hydroxyl groups excluding tert-OH is 1. The van der Waals surface area contributed by atoms with Crippen LogP contribution in [0.4, 0.5) is 0 Å². The fraction of sp³-hybridized carbons (Fsp3) is 0.333. The highest BCUT2D eigenvalue weighted by Crippen LogP contribution is 2.40. The largest absolute Gasteiger partial charge is 0.507 e. The summed E-state index contributed by atoms with van der Waals surface area (Å²) < 4.78 is 7.85. The van der Waals surface area contributed by atoms with Crippen molar-refractivity contribution in [2.24, 2.45) is 5.92 Å². The molecular weight excluding hydrogens is 444 g/mol. The fourth-order valence-corrected chi connectivity index (χ4v) is 4.15. The van der Waals surface area contributed by atoms with Crippen LogP contribution >= 0.6 is 0 Å². The number of rotatable bonds is 10. The summed E-state index contributed by atoms with van der Waals surface area (Å²) in [6.45, 7) is 5.84. The topological polar surface area (TPSA) is 97.5 Å². The molecule has 8 nitrogen and oxygen atoms in total. The Morgan fingerprint density at radius 3 is 2.60 bits per heavy atom. The summed E-state index contributed by atoms with van der Waals surface area (Å²) >= 11 is 0. The third-order valence-corrected chi connectivity index (χ3v) is 6.01. The highest BCUT2D eigenvalue weighted by molar-refractivity contribution is 6.46. The molecule has 0 spiro atoms. The molecule has 1 saturated heterocycles. The number of pyridine rings is 1. The molecule has 1 amide bonds. The summed E-state index contributed by atoms with van der Waals surface area (Å²) in [7, 11) is 0. The van der Waals surface area contributed by atoms with Gasteiger partial charge in [-0.05, 0) is 48.6 Å². The zero-order valence-corrected chi connectivity index (χ0v) is 20.0. The Balaban J connectivity index is 1.68. The van der Waals surface area contributed by atoms with Crippen LogP contribution in [-0.2, 0) is 16.1 Å². The minimum Gasteiger partial charge on any atom is -0.507 e. The van der Waals surface area contributed by atoms with E-state index in [4.69, 9.17) is 4.74 Å². The van der Waals surface area contributed by atoms with Crippen molar-refractivity contribution in [3.63, 3.8) is 0 Å². The van der Waals surface area contributed by atoms with Crippen LogP contribution in [0, 0.1) is 5.92 Å². The van der Waals surface area contributed by atoms with Crippen molar-refractivity contribution in [2.45, 2.75) is 39.3 Å². The molecule has 1 N–H and O–H groups in total. The number of aryl methyl sites for hydroxylation is 1. The standard InChI is InChI=1S/C27H30N4O4/c1-19(2)9-16-35-22-6-3-5-21(17-22)24-23(25(32)20-7-10-28-11-8-20)26(33)27(34)31(24)14-4-13-30-15-12-29-18-30/h3,5-8,10-12,15,17-19,24,32H,4,9,13-14,16H2,1-2H3/b25-23+. The van der Waals surface area contributed by atoms with Gasteiger partial charge in [-0.3, -0.25) is 14.6 Å². The van der Waals surface area contributed by atoms with E-state index >= 15 is 0 Å². The number of benzene rings is 1. The van der Waals surface area contributed by atoms with Gasteiger partial charge in [0.2, 0.25) is 0 Å². The van der Waals surface area contributed by atoms with Crippen molar-refractivity contribution < 1.29 is 19.4 Å². The monoisotopic (exact) mass is 474 g/mol. The number of nitrogens with zero attached hydrogens (tertiary/aromatic N) is 4. The van der Waals surface area contributed by atoms with Gasteiger partial charge in [-0.15, -0.1) is 0 Å². The van der Waals surface area contributed by atoms with Gasteiger partial charge in [0.05, 0.1) is 24.5 Å². The summed E-state index contributed by atoms with van der Waals surface area (Å²) in [5.41, 5.74) is 1.22. The first-order valence-corrected chi connectivity index (χ1v) is 11.8. The second-order valence-electron chi connectivity index (χ2n) is 8.99. The van der Waals surface area contributed by atoms with Gasteiger partial charge in [-0.2, -0.15) is 0 Å². The van der Waals surface area contributed by atoms with Gasteiger partial charge in [-0.25, -0.2) is 4.98 Å². The van der Waals surface area contributed by atoms with Crippen LogP contribution in [0.15, 0.2) is 73.1 Å². The molecule has 3 heterocycles. The average Bonchev–Trinajstić information content (AvgIpc) is 3.46. The second-order valence-corrected chi connectivity index (χ2v) is 8.99. The minimum absolute atomic E-state index is 0.0724. The number of hydrogen-bond acceptors (Lipinski definition) is 6. The zero-order chi connectivity index (χ0) is 24.8. The summed E-state index contributed by atoms with van der Waals surface area (Å²) in [6.07, 6.45) is 9.88. The molecule has 1 unspecified atom stereocenters. The predicted octanol–water partition coefficient (Wildman–Crippen LogP) is 4.22. The highest BCUT2D eigenvalue weighted by atomic mass is 16.5. The molecule has 1 aliphatic rings. The number of likely N-dealkylation sites (tertiary alicyclic amines) is 1. The molecule has 0 bridgehead atoms. The van der Waals surface area contributed by atoms with Crippen LogP contribution in [0.1, 0.15) is 43.9 Å². The van der Waals surface area contributed by atoms with Gasteiger partial charge >= 0.3 is 0 Å². The molecular formula is C27H30N4O4. The zero-order valence-electron chi connectivity index (χ0n) is 20.0. The first-order chi connectivity index (χ1) is 17.0. The number of imidazole rings is 1. The van der Waals surface area contributed by atoms with Crippen molar-refractivity contribution >= 4 is 17.4 Å². The van der Waals surface area contributed by atoms with E-state index in [1.165, 1.54) is 12.4 Å². The predicted molar refractivity (Wildman–Crippen MR) is 131 cm³/mol. The number of carbonyl (C=O) groups is 2. The number of ketones is 1. The maximum atomic E-state index is 13.2. The number of ether oxygens (including phenoxy) is 1. The normalized spacial score (nSPS) is 17.3. The molecule has 3 aromatic rings. The summed E-state index contributed by atoms with van der Waals surface area (Å²) in [5, 5.41) is 11.1. The molecule has 35 heavy (non-hydrogen) atoms. The lowest BCUT2D eigenvalue weighted by molar-refractivity contribution is -0.139. The molecule has 182 valence electrons. The third kappa shape index (κ3) is 5.59. The molecule has 1 aliphatic heterocycles. The quantitative estimate of drug-likeness (QED) is 0.269. The van der Waals surface area contributed by atoms with Crippen molar-refractivity contribution in [1.29, 1.82) is 0 Å². The van der Waals surface area contributed by atoms with E-state index in [0.29, 0.717) is 48.9 Å². The summed E-state index contributed by atoms with van der Waals surface area (Å²) in [5.74, 6) is -0.350. The van der Waals surface area contributed by atoms with Crippen molar-refractivity contribution in [3.05, 3.63) is 84.2 Å². The molecule has 1 aromatic carbocycles. The van der Waals surface area contributed by atoms with Crippen LogP contribution in [0.5, 0.6) is 5.75 Å². The lowest BCUT2D eigenvalue weighted by Gasteiger charge is -2.26. The van der Waals surface area contributed by atoms with E-state index in [2.05, 4.69) is 23.8 Å². The number of aliphatic hydroxyl groups is 1. The van der Waals surface area contributed by atoms with Gasteiger partial charge in [0.15, 0.2) is 0 Å². The van der Waals surface area contributed by atoms with Gasteiger partial charge in [0.1, 0.15) is 11.5 Å². The fourth-order valence-electron chi connectivity index (χ4n) is 4.15. The Hall–Kier alpha value is -3.94. The smallest absolute Gasteiger partial charge is 0.295 e. The number of hydrogen-bond donors (Lipinski definition) is 1. The van der Waals surface area contributed by atoms with Gasteiger partial charge in [0.25, 0.3) is 11.7 Å². The van der Waals surface area contributed by atoms with Crippen molar-refractivity contribution in [3.8, 4) is 5.75 Å². The van der Waals surface area contributed by atoms with Crippen LogP contribution < -0.4 is 4.74 Å². The molecule has 2 aromatic heterocycles. The molecule has 0 aliphatic carbocycles. The molecule has 0 saturated carbocycles. The Kier molecular flexibility index (Phi) is 7.60.